The van der Waals surface area contributed by atoms with Crippen molar-refractivity contribution in [2.45, 2.75) is 0 Å². The molecule has 0 bridgehead atoms. The van der Waals surface area contributed by atoms with Crippen LogP contribution in [0.1, 0.15) is 16.1 Å². The zero-order chi connectivity index (χ0) is 15.2. The van der Waals surface area contributed by atoms with Crippen LogP contribution in [0.3, 0.4) is 0 Å². The van der Waals surface area contributed by atoms with Crippen LogP contribution in [0.5, 0.6) is 11.5 Å². The van der Waals surface area contributed by atoms with Gasteiger partial charge in [0.2, 0.25) is 0 Å². The normalized spacial score (nSPS) is 10.6. The van der Waals surface area contributed by atoms with Crippen molar-refractivity contribution in [3.63, 3.8) is 0 Å². The summed E-state index contributed by atoms with van der Waals surface area (Å²) in [4.78, 5) is 11.8. The van der Waals surface area contributed by atoms with Gasteiger partial charge in [0.05, 0.1) is 31.1 Å². The Labute approximate surface area is 129 Å². The molecule has 110 valence electrons. The van der Waals surface area contributed by atoms with Crippen molar-refractivity contribution in [2.75, 3.05) is 14.2 Å². The topological polar surface area (TPSA) is 88.6 Å². The maximum absolute atomic E-state index is 11.8. The third-order valence-corrected chi connectivity index (χ3v) is 3.23. The molecule has 0 aliphatic rings. The lowest BCUT2D eigenvalue weighted by molar-refractivity contribution is 0.0949. The minimum Gasteiger partial charge on any atom is -0.497 e. The van der Waals surface area contributed by atoms with Crippen molar-refractivity contribution in [2.24, 2.45) is 5.10 Å². The van der Waals surface area contributed by atoms with Crippen LogP contribution in [0.15, 0.2) is 34.0 Å². The highest BCUT2D eigenvalue weighted by Gasteiger charge is 2.10. The molecule has 0 saturated carbocycles. The number of ether oxygens (including phenoxy) is 2. The molecular weight excluding hydrogens is 340 g/mol. The number of hydrogen-bond acceptors (Lipinski definition) is 5. The van der Waals surface area contributed by atoms with Gasteiger partial charge >= 0.3 is 0 Å². The van der Waals surface area contributed by atoms with E-state index in [4.69, 9.17) is 9.47 Å². The fourth-order valence-electron chi connectivity index (χ4n) is 1.57. The predicted octanol–water partition coefficient (Wildman–Crippen LogP) is 1.95. The SMILES string of the molecule is COc1ccc(C=NNC(=O)c2[nH]ncc2Br)c(OC)c1. The molecule has 0 aliphatic heterocycles. The number of methoxy groups -OCH3 is 2. The Morgan fingerprint density at radius 3 is 2.86 bits per heavy atom. The van der Waals surface area contributed by atoms with E-state index in [9.17, 15) is 4.79 Å². The highest BCUT2D eigenvalue weighted by molar-refractivity contribution is 9.10. The van der Waals surface area contributed by atoms with Crippen molar-refractivity contribution >= 4 is 28.1 Å². The molecule has 0 atom stereocenters. The molecule has 0 fully saturated rings. The molecule has 21 heavy (non-hydrogen) atoms. The number of nitrogens with one attached hydrogen (secondary N) is 2. The number of hydrazone groups is 1. The van der Waals surface area contributed by atoms with Crippen LogP contribution in [0.25, 0.3) is 0 Å². The Balaban J connectivity index is 2.08. The zero-order valence-corrected chi connectivity index (χ0v) is 13.0. The van der Waals surface area contributed by atoms with Gasteiger partial charge in [-0.25, -0.2) is 5.43 Å². The Hall–Kier alpha value is -2.35. The monoisotopic (exact) mass is 352 g/mol. The van der Waals surface area contributed by atoms with Crippen molar-refractivity contribution in [3.05, 3.63) is 40.1 Å². The standard InChI is InChI=1S/C13H13BrN4O3/c1-20-9-4-3-8(11(5-9)21-2)6-15-18-13(19)12-10(14)7-16-17-12/h3-7H,1-2H3,(H,16,17)(H,18,19). The second-order valence-electron chi connectivity index (χ2n) is 3.90. The number of nitrogens with zero attached hydrogens (tertiary/aromatic N) is 2. The molecule has 1 aromatic carbocycles. The van der Waals surface area contributed by atoms with E-state index in [0.29, 0.717) is 27.2 Å². The minimum atomic E-state index is -0.400. The summed E-state index contributed by atoms with van der Waals surface area (Å²) in [6, 6.07) is 5.28. The van der Waals surface area contributed by atoms with Crippen molar-refractivity contribution in [3.8, 4) is 11.5 Å². The van der Waals surface area contributed by atoms with Gasteiger partial charge in [0.15, 0.2) is 0 Å². The van der Waals surface area contributed by atoms with Crippen LogP contribution < -0.4 is 14.9 Å². The number of aromatic nitrogens is 2. The number of rotatable bonds is 5. The van der Waals surface area contributed by atoms with Gasteiger partial charge < -0.3 is 9.47 Å². The third kappa shape index (κ3) is 3.60. The third-order valence-electron chi connectivity index (χ3n) is 2.63. The zero-order valence-electron chi connectivity index (χ0n) is 11.4. The van der Waals surface area contributed by atoms with Crippen LogP contribution in [0.2, 0.25) is 0 Å². The van der Waals surface area contributed by atoms with Gasteiger partial charge in [-0.3, -0.25) is 9.89 Å². The number of H-pyrrole nitrogens is 1. The lowest BCUT2D eigenvalue weighted by atomic mass is 10.2. The second-order valence-corrected chi connectivity index (χ2v) is 4.75. The van der Waals surface area contributed by atoms with Crippen LogP contribution in [0.4, 0.5) is 0 Å². The summed E-state index contributed by atoms with van der Waals surface area (Å²) in [5, 5.41) is 10.2. The molecular formula is C13H13BrN4O3. The summed E-state index contributed by atoms with van der Waals surface area (Å²) >= 11 is 3.20. The fraction of sp³-hybridized carbons (Fsp3) is 0.154. The molecule has 0 unspecified atom stereocenters. The Morgan fingerprint density at radius 2 is 2.24 bits per heavy atom. The predicted molar refractivity (Wildman–Crippen MR) is 80.9 cm³/mol. The van der Waals surface area contributed by atoms with Crippen molar-refractivity contribution in [1.29, 1.82) is 0 Å². The number of carbonyl (C=O) groups excluding carboxylic acids is 1. The van der Waals surface area contributed by atoms with Gasteiger partial charge in [0.25, 0.3) is 5.91 Å². The number of benzene rings is 1. The van der Waals surface area contributed by atoms with E-state index in [1.807, 2.05) is 0 Å². The van der Waals surface area contributed by atoms with Gasteiger partial charge in [-0.2, -0.15) is 10.2 Å². The summed E-state index contributed by atoms with van der Waals surface area (Å²) in [5.74, 6) is 0.868. The van der Waals surface area contributed by atoms with Crippen molar-refractivity contribution in [1.82, 2.24) is 15.6 Å². The van der Waals surface area contributed by atoms with Crippen LogP contribution in [-0.2, 0) is 0 Å². The maximum atomic E-state index is 11.8. The Kier molecular flexibility index (Phi) is 4.94. The molecule has 8 heteroatoms. The number of halogens is 1. The van der Waals surface area contributed by atoms with Crippen molar-refractivity contribution < 1.29 is 14.3 Å². The molecule has 1 amide bonds. The maximum Gasteiger partial charge on any atom is 0.290 e. The van der Waals surface area contributed by atoms with Crippen LogP contribution >= 0.6 is 15.9 Å². The van der Waals surface area contributed by atoms with Gasteiger partial charge in [0.1, 0.15) is 17.2 Å². The van der Waals surface area contributed by atoms with E-state index in [1.165, 1.54) is 12.4 Å². The van der Waals surface area contributed by atoms with E-state index in [-0.39, 0.29) is 0 Å². The number of carbonyl (C=O) groups is 1. The average molecular weight is 353 g/mol. The molecule has 2 N–H and O–H groups in total. The summed E-state index contributed by atoms with van der Waals surface area (Å²) in [7, 11) is 3.12. The number of amides is 1. The lowest BCUT2D eigenvalue weighted by Crippen LogP contribution is -2.18. The van der Waals surface area contributed by atoms with E-state index in [1.54, 1.807) is 32.4 Å². The first-order chi connectivity index (χ1) is 10.2. The number of aromatic amines is 1. The first-order valence-corrected chi connectivity index (χ1v) is 6.69. The molecule has 0 radical (unpaired) electrons. The number of hydrogen-bond donors (Lipinski definition) is 2. The molecule has 0 aliphatic carbocycles. The van der Waals surface area contributed by atoms with Crippen LogP contribution in [-0.4, -0.2) is 36.5 Å². The fourth-order valence-corrected chi connectivity index (χ4v) is 1.94. The Morgan fingerprint density at radius 1 is 1.43 bits per heavy atom. The van der Waals surface area contributed by atoms with E-state index in [0.717, 1.165) is 0 Å². The quantitative estimate of drug-likeness (QED) is 0.635. The molecule has 1 heterocycles. The molecule has 0 saturated heterocycles. The molecule has 1 aromatic heterocycles. The lowest BCUT2D eigenvalue weighted by Gasteiger charge is -2.06. The molecule has 7 nitrogen and oxygen atoms in total. The van der Waals surface area contributed by atoms with Crippen LogP contribution in [0, 0.1) is 0 Å². The van der Waals surface area contributed by atoms with E-state index >= 15 is 0 Å². The van der Waals surface area contributed by atoms with Gasteiger partial charge in [-0.1, -0.05) is 0 Å². The van der Waals surface area contributed by atoms with Gasteiger partial charge in [-0.05, 0) is 28.1 Å². The van der Waals surface area contributed by atoms with Gasteiger partial charge in [-0.15, -0.1) is 0 Å². The molecule has 2 aromatic rings. The summed E-state index contributed by atoms with van der Waals surface area (Å²) in [6.07, 6.45) is 2.98. The highest BCUT2D eigenvalue weighted by atomic mass is 79.9. The summed E-state index contributed by atoms with van der Waals surface area (Å²) < 4.78 is 10.9. The average Bonchev–Trinajstić information content (AvgIpc) is 2.93. The smallest absolute Gasteiger partial charge is 0.290 e. The summed E-state index contributed by atoms with van der Waals surface area (Å²) in [5.41, 5.74) is 3.41. The first-order valence-electron chi connectivity index (χ1n) is 5.90. The minimum absolute atomic E-state index is 0.300. The highest BCUT2D eigenvalue weighted by Crippen LogP contribution is 2.23. The second kappa shape index (κ2) is 6.89. The van der Waals surface area contributed by atoms with E-state index < -0.39 is 5.91 Å². The Bertz CT molecular complexity index is 669. The molecule has 2 rings (SSSR count). The first kappa shape index (κ1) is 15.0. The van der Waals surface area contributed by atoms with E-state index in [2.05, 4.69) is 36.7 Å². The summed E-state index contributed by atoms with van der Waals surface area (Å²) in [6.45, 7) is 0. The van der Waals surface area contributed by atoms with Gasteiger partial charge in [0, 0.05) is 11.6 Å². The largest absolute Gasteiger partial charge is 0.497 e. The molecule has 0 spiro atoms.